The lowest BCUT2D eigenvalue weighted by molar-refractivity contribution is -0.660. The molecule has 0 aliphatic heterocycles. The van der Waals surface area contributed by atoms with E-state index in [0.29, 0.717) is 6.42 Å². The van der Waals surface area contributed by atoms with E-state index in [4.69, 9.17) is 11.8 Å². The number of benzene rings is 1. The first-order chi connectivity index (χ1) is 15.1. The van der Waals surface area contributed by atoms with Crippen molar-refractivity contribution < 1.29 is 11.4 Å². The van der Waals surface area contributed by atoms with Crippen LogP contribution in [0, 0.1) is 26.1 Å². The fourth-order valence-electron chi connectivity index (χ4n) is 4.12. The van der Waals surface area contributed by atoms with Gasteiger partial charge in [-0.3, -0.25) is 4.98 Å². The molecule has 0 atom stereocenters. The first kappa shape index (κ1) is 13.7. The van der Waals surface area contributed by atoms with Crippen molar-refractivity contribution in [3.63, 3.8) is 0 Å². The van der Waals surface area contributed by atoms with Crippen molar-refractivity contribution in [1.29, 1.82) is 0 Å². The molecule has 1 aliphatic rings. The molecule has 2 heteroatoms. The Kier molecular flexibility index (Phi) is 3.19. The molecule has 2 heterocycles. The van der Waals surface area contributed by atoms with Gasteiger partial charge in [-0.1, -0.05) is 39.0 Å². The Bertz CT molecular complexity index is 1270. The van der Waals surface area contributed by atoms with Crippen molar-refractivity contribution in [2.45, 2.75) is 54.3 Å². The summed E-state index contributed by atoms with van der Waals surface area (Å²) >= 11 is 0. The van der Waals surface area contributed by atoms with E-state index in [2.05, 4.69) is 18.2 Å². The van der Waals surface area contributed by atoms with Crippen LogP contribution in [0.15, 0.2) is 36.5 Å². The van der Waals surface area contributed by atoms with Crippen LogP contribution in [0.4, 0.5) is 0 Å². The highest BCUT2D eigenvalue weighted by Crippen LogP contribution is 2.42. The lowest BCUT2D eigenvalue weighted by atomic mass is 9.85. The first-order valence-corrected chi connectivity index (χ1v) is 9.77. The number of hydrogen-bond acceptors (Lipinski definition) is 1. The number of nitrogens with zero attached hydrogens (tertiary/aromatic N) is 2. The van der Waals surface area contributed by atoms with Crippen LogP contribution in [-0.4, -0.2) is 4.98 Å². The summed E-state index contributed by atoms with van der Waals surface area (Å²) in [6.07, 6.45) is 0.448. The SMILES string of the molecule is [2H]C([2H])([2H])c1c[n+](C)c(-c2c(C)ccc3c2Cc2nc(C)ccc2-3)cc1C([2H])([2H])C(C)(C)C. The molecule has 0 bridgehead atoms. The second-order valence-electron chi connectivity index (χ2n) is 8.88. The number of hydrogen-bond donors (Lipinski definition) is 0. The molecule has 0 saturated carbocycles. The monoisotopic (exact) mass is 376 g/mol. The number of rotatable bonds is 2. The second-order valence-corrected chi connectivity index (χ2v) is 8.88. The molecule has 1 aromatic carbocycles. The number of fused-ring (bicyclic) bond motifs is 3. The molecule has 0 amide bonds. The van der Waals surface area contributed by atoms with Crippen LogP contribution in [0.2, 0.25) is 0 Å². The lowest BCUT2D eigenvalue weighted by Gasteiger charge is -2.20. The zero-order valence-electron chi connectivity index (χ0n) is 22.6. The van der Waals surface area contributed by atoms with Crippen LogP contribution in [0.1, 0.15) is 61.3 Å². The molecular weight excluding hydrogens is 340 g/mol. The van der Waals surface area contributed by atoms with E-state index in [-0.39, 0.29) is 11.1 Å². The van der Waals surface area contributed by atoms with Gasteiger partial charge in [-0.05, 0) is 60.8 Å². The summed E-state index contributed by atoms with van der Waals surface area (Å²) in [6, 6.07) is 10.1. The quantitative estimate of drug-likeness (QED) is 0.413. The summed E-state index contributed by atoms with van der Waals surface area (Å²) in [5.41, 5.74) is 7.84. The third-order valence-corrected chi connectivity index (χ3v) is 5.31. The van der Waals surface area contributed by atoms with Crippen molar-refractivity contribution in [3.8, 4) is 22.4 Å². The Labute approximate surface area is 176 Å². The molecule has 0 saturated heterocycles. The van der Waals surface area contributed by atoms with Crippen LogP contribution >= 0.6 is 0 Å². The Hall–Kier alpha value is -2.48. The summed E-state index contributed by atoms with van der Waals surface area (Å²) in [7, 11) is 1.84. The van der Waals surface area contributed by atoms with Gasteiger partial charge < -0.3 is 0 Å². The van der Waals surface area contributed by atoms with Crippen LogP contribution in [0.25, 0.3) is 22.4 Å². The topological polar surface area (TPSA) is 16.8 Å². The van der Waals surface area contributed by atoms with Crippen molar-refractivity contribution in [2.75, 3.05) is 0 Å². The Balaban J connectivity index is 2.02. The number of pyridine rings is 2. The minimum atomic E-state index is -2.42. The summed E-state index contributed by atoms with van der Waals surface area (Å²) in [6.45, 7) is 7.03. The smallest absolute Gasteiger partial charge is 0.213 e. The first-order valence-electron chi connectivity index (χ1n) is 12.3. The van der Waals surface area contributed by atoms with Gasteiger partial charge in [0.25, 0.3) is 0 Å². The van der Waals surface area contributed by atoms with Crippen molar-refractivity contribution in [1.82, 2.24) is 4.98 Å². The van der Waals surface area contributed by atoms with Gasteiger partial charge in [0.05, 0.1) is 11.3 Å². The van der Waals surface area contributed by atoms with Crippen molar-refractivity contribution >= 4 is 0 Å². The zero-order valence-corrected chi connectivity index (χ0v) is 17.6. The fraction of sp³-hybridized carbons (Fsp3) is 0.385. The molecule has 0 fully saturated rings. The van der Waals surface area contributed by atoms with E-state index in [9.17, 15) is 0 Å². The van der Waals surface area contributed by atoms with Gasteiger partial charge in [0.15, 0.2) is 6.20 Å². The highest BCUT2D eigenvalue weighted by atomic mass is 14.9. The lowest BCUT2D eigenvalue weighted by Crippen LogP contribution is -2.32. The molecule has 0 N–H and O–H groups in total. The molecule has 28 heavy (non-hydrogen) atoms. The number of aryl methyl sites for hydroxylation is 4. The minimum Gasteiger partial charge on any atom is -0.257 e. The molecule has 0 unspecified atom stereocenters. The highest BCUT2D eigenvalue weighted by Gasteiger charge is 2.28. The van der Waals surface area contributed by atoms with Gasteiger partial charge in [-0.15, -0.1) is 0 Å². The van der Waals surface area contributed by atoms with E-state index in [0.717, 1.165) is 44.9 Å². The van der Waals surface area contributed by atoms with Crippen LogP contribution in [0.3, 0.4) is 0 Å². The Morgan fingerprint density at radius 2 is 1.86 bits per heavy atom. The Morgan fingerprint density at radius 1 is 1.11 bits per heavy atom. The number of aromatic nitrogens is 2. The zero-order chi connectivity index (χ0) is 24.5. The minimum absolute atomic E-state index is 0.0551. The van der Waals surface area contributed by atoms with Crippen molar-refractivity contribution in [3.05, 3.63) is 70.2 Å². The van der Waals surface area contributed by atoms with E-state index in [1.165, 1.54) is 0 Å². The molecule has 0 radical (unpaired) electrons. The molecule has 2 nitrogen and oxygen atoms in total. The third kappa shape index (κ3) is 3.26. The van der Waals surface area contributed by atoms with Gasteiger partial charge in [-0.2, -0.15) is 0 Å². The average molecular weight is 377 g/mol. The van der Waals surface area contributed by atoms with Gasteiger partial charge in [0.1, 0.15) is 7.05 Å². The van der Waals surface area contributed by atoms with Crippen molar-refractivity contribution in [2.24, 2.45) is 12.5 Å². The predicted octanol–water partition coefficient (Wildman–Crippen LogP) is 5.66. The fourth-order valence-corrected chi connectivity index (χ4v) is 4.12. The molecule has 4 rings (SSSR count). The van der Waals surface area contributed by atoms with E-state index < -0.39 is 18.6 Å². The normalized spacial score (nSPS) is 16.4. The Morgan fingerprint density at radius 3 is 2.57 bits per heavy atom. The third-order valence-electron chi connectivity index (χ3n) is 5.31. The molecule has 1 aliphatic carbocycles. The maximum atomic E-state index is 8.90. The van der Waals surface area contributed by atoms with E-state index in [1.807, 2.05) is 31.5 Å². The van der Waals surface area contributed by atoms with Gasteiger partial charge in [-0.25, -0.2) is 4.57 Å². The van der Waals surface area contributed by atoms with Gasteiger partial charge in [0, 0.05) is 36.2 Å². The maximum absolute atomic E-state index is 8.90. The summed E-state index contributed by atoms with van der Waals surface area (Å²) < 4.78 is 43.9. The summed E-state index contributed by atoms with van der Waals surface area (Å²) in [4.78, 5) is 4.75. The van der Waals surface area contributed by atoms with Crippen LogP contribution < -0.4 is 4.57 Å². The largest absolute Gasteiger partial charge is 0.257 e. The predicted molar refractivity (Wildman–Crippen MR) is 116 cm³/mol. The molecule has 2 aromatic heterocycles. The molecule has 0 spiro atoms. The van der Waals surface area contributed by atoms with Crippen LogP contribution in [0.5, 0.6) is 0 Å². The van der Waals surface area contributed by atoms with E-state index >= 15 is 0 Å². The average Bonchev–Trinajstić information content (AvgIpc) is 3.03. The summed E-state index contributed by atoms with van der Waals surface area (Å²) in [5, 5.41) is 0. The van der Waals surface area contributed by atoms with Gasteiger partial charge in [0.2, 0.25) is 5.69 Å². The summed E-state index contributed by atoms with van der Waals surface area (Å²) in [5.74, 6) is 0. The molecular formula is C26H31N2+. The van der Waals surface area contributed by atoms with E-state index in [1.54, 1.807) is 33.0 Å². The maximum Gasteiger partial charge on any atom is 0.213 e. The highest BCUT2D eigenvalue weighted by molar-refractivity contribution is 5.84. The standard InChI is InChI=1S/C26H31N2/c1-16-8-10-20-21-11-9-18(3)27-23(21)13-22(20)25(16)24-12-19(14-26(4,5)6)17(2)15-28(24)7/h8-12,15H,13-14H2,1-7H3/q+1/i2D3,14D2. The second kappa shape index (κ2) is 6.55. The molecule has 144 valence electrons. The van der Waals surface area contributed by atoms with Crippen LogP contribution in [-0.2, 0) is 19.8 Å². The van der Waals surface area contributed by atoms with Gasteiger partial charge >= 0.3 is 0 Å². The molecule has 3 aromatic rings.